The zero-order chi connectivity index (χ0) is 13.7. The molecule has 0 aliphatic heterocycles. The zero-order valence-electron chi connectivity index (χ0n) is 10.9. The quantitative estimate of drug-likeness (QED) is 0.790. The predicted octanol–water partition coefficient (Wildman–Crippen LogP) is 4.86. The molecule has 0 fully saturated rings. The molecule has 2 heteroatoms. The largest absolute Gasteiger partial charge is 0.198 e. The topological polar surface area (TPSA) is 23.8 Å². The van der Waals surface area contributed by atoms with Crippen LogP contribution < -0.4 is 0 Å². The molecule has 1 nitrogen and oxygen atoms in total. The van der Waals surface area contributed by atoms with E-state index in [1.807, 2.05) is 24.3 Å². The number of nitriles is 1. The van der Waals surface area contributed by atoms with Crippen molar-refractivity contribution in [2.75, 3.05) is 0 Å². The minimum Gasteiger partial charge on any atom is -0.198 e. The van der Waals surface area contributed by atoms with Crippen LogP contribution >= 0.6 is 15.9 Å². The van der Waals surface area contributed by atoms with E-state index in [1.165, 1.54) is 11.1 Å². The third-order valence-electron chi connectivity index (χ3n) is 3.30. The van der Waals surface area contributed by atoms with Crippen LogP contribution in [0.25, 0.3) is 0 Å². The Hall–Kier alpha value is -1.59. The lowest BCUT2D eigenvalue weighted by Crippen LogP contribution is -2.00. The lowest BCUT2D eigenvalue weighted by Gasteiger charge is -2.10. The van der Waals surface area contributed by atoms with Gasteiger partial charge in [-0.3, -0.25) is 0 Å². The average molecular weight is 314 g/mol. The van der Waals surface area contributed by atoms with E-state index >= 15 is 0 Å². The lowest BCUT2D eigenvalue weighted by molar-refractivity contribution is 0.848. The van der Waals surface area contributed by atoms with E-state index in [4.69, 9.17) is 0 Å². The van der Waals surface area contributed by atoms with Gasteiger partial charge in [0.05, 0.1) is 12.0 Å². The van der Waals surface area contributed by atoms with Crippen LogP contribution in [0.15, 0.2) is 53.0 Å². The molecule has 0 heterocycles. The highest BCUT2D eigenvalue weighted by atomic mass is 79.9. The Balaban J connectivity index is 2.14. The molecule has 96 valence electrons. The van der Waals surface area contributed by atoms with Gasteiger partial charge in [-0.25, -0.2) is 0 Å². The van der Waals surface area contributed by atoms with E-state index in [-0.39, 0.29) is 5.92 Å². The second kappa shape index (κ2) is 6.54. The summed E-state index contributed by atoms with van der Waals surface area (Å²) in [5, 5.41) is 9.35. The summed E-state index contributed by atoms with van der Waals surface area (Å²) in [5.74, 6) is -0.0828. The summed E-state index contributed by atoms with van der Waals surface area (Å²) in [6, 6.07) is 18.9. The standard InChI is InChI=1S/C17H16BrN/c1-2-13-3-5-14(6-4-13)11-16(12-19)15-7-9-17(18)10-8-15/h3-10,16H,2,11H2,1H3. The molecule has 0 radical (unpaired) electrons. The van der Waals surface area contributed by atoms with Crippen molar-refractivity contribution in [2.45, 2.75) is 25.7 Å². The van der Waals surface area contributed by atoms with Gasteiger partial charge in [0.25, 0.3) is 0 Å². The molecule has 0 bridgehead atoms. The molecular formula is C17H16BrN. The van der Waals surface area contributed by atoms with Crippen LogP contribution in [0.5, 0.6) is 0 Å². The summed E-state index contributed by atoms with van der Waals surface area (Å²) in [7, 11) is 0. The first-order chi connectivity index (χ1) is 9.22. The Morgan fingerprint density at radius 3 is 2.11 bits per heavy atom. The van der Waals surface area contributed by atoms with Crippen molar-refractivity contribution in [3.63, 3.8) is 0 Å². The van der Waals surface area contributed by atoms with Crippen molar-refractivity contribution >= 4 is 15.9 Å². The Labute approximate surface area is 123 Å². The van der Waals surface area contributed by atoms with Gasteiger partial charge in [-0.1, -0.05) is 59.3 Å². The van der Waals surface area contributed by atoms with E-state index in [9.17, 15) is 5.26 Å². The van der Waals surface area contributed by atoms with Gasteiger partial charge >= 0.3 is 0 Å². The second-order valence-electron chi connectivity index (χ2n) is 4.61. The van der Waals surface area contributed by atoms with Gasteiger partial charge in [-0.2, -0.15) is 5.26 Å². The second-order valence-corrected chi connectivity index (χ2v) is 5.52. The van der Waals surface area contributed by atoms with E-state index < -0.39 is 0 Å². The van der Waals surface area contributed by atoms with E-state index in [1.54, 1.807) is 0 Å². The fraction of sp³-hybridized carbons (Fsp3) is 0.235. The fourth-order valence-corrected chi connectivity index (χ4v) is 2.34. The van der Waals surface area contributed by atoms with Crippen molar-refractivity contribution in [3.8, 4) is 6.07 Å². The van der Waals surface area contributed by atoms with Crippen molar-refractivity contribution in [1.29, 1.82) is 5.26 Å². The van der Waals surface area contributed by atoms with Crippen LogP contribution in [0.4, 0.5) is 0 Å². The smallest absolute Gasteiger partial charge is 0.0753 e. The van der Waals surface area contributed by atoms with Crippen molar-refractivity contribution in [2.24, 2.45) is 0 Å². The number of hydrogen-bond acceptors (Lipinski definition) is 1. The SMILES string of the molecule is CCc1ccc(CC(C#N)c2ccc(Br)cc2)cc1. The predicted molar refractivity (Wildman–Crippen MR) is 82.0 cm³/mol. The molecule has 1 unspecified atom stereocenters. The third-order valence-corrected chi connectivity index (χ3v) is 3.83. The molecule has 1 atom stereocenters. The van der Waals surface area contributed by atoms with E-state index in [0.29, 0.717) is 0 Å². The molecule has 0 aliphatic carbocycles. The first-order valence-corrected chi connectivity index (χ1v) is 7.25. The maximum Gasteiger partial charge on any atom is 0.0753 e. The number of halogens is 1. The lowest BCUT2D eigenvalue weighted by atomic mass is 9.93. The minimum atomic E-state index is -0.0828. The minimum absolute atomic E-state index is 0.0828. The summed E-state index contributed by atoms with van der Waals surface area (Å²) in [4.78, 5) is 0. The Bertz CT molecular complexity index is 564. The number of aryl methyl sites for hydroxylation is 1. The van der Waals surface area contributed by atoms with Crippen LogP contribution in [-0.4, -0.2) is 0 Å². The zero-order valence-corrected chi connectivity index (χ0v) is 12.5. The van der Waals surface area contributed by atoms with Gasteiger partial charge < -0.3 is 0 Å². The van der Waals surface area contributed by atoms with Gasteiger partial charge in [-0.15, -0.1) is 0 Å². The third kappa shape index (κ3) is 3.68. The molecule has 2 rings (SSSR count). The summed E-state index contributed by atoms with van der Waals surface area (Å²) in [5.41, 5.74) is 3.62. The normalized spacial score (nSPS) is 11.8. The van der Waals surface area contributed by atoms with Crippen molar-refractivity contribution in [1.82, 2.24) is 0 Å². The Morgan fingerprint density at radius 1 is 1.00 bits per heavy atom. The van der Waals surface area contributed by atoms with Crippen molar-refractivity contribution in [3.05, 3.63) is 69.7 Å². The number of rotatable bonds is 4. The Morgan fingerprint density at radius 2 is 1.58 bits per heavy atom. The van der Waals surface area contributed by atoms with Crippen LogP contribution in [0.2, 0.25) is 0 Å². The maximum atomic E-state index is 9.35. The molecule has 0 saturated heterocycles. The first kappa shape index (κ1) is 13.8. The fourth-order valence-electron chi connectivity index (χ4n) is 2.08. The van der Waals surface area contributed by atoms with Crippen LogP contribution in [0, 0.1) is 11.3 Å². The molecule has 0 aromatic heterocycles. The number of benzene rings is 2. The van der Waals surface area contributed by atoms with Crippen LogP contribution in [0.1, 0.15) is 29.5 Å². The highest BCUT2D eigenvalue weighted by Crippen LogP contribution is 2.22. The molecule has 0 saturated carbocycles. The molecule has 0 aliphatic rings. The van der Waals surface area contributed by atoms with Gasteiger partial charge in [-0.05, 0) is 41.7 Å². The monoisotopic (exact) mass is 313 g/mol. The number of nitrogens with zero attached hydrogens (tertiary/aromatic N) is 1. The molecule has 0 spiro atoms. The average Bonchev–Trinajstić information content (AvgIpc) is 2.46. The Kier molecular flexibility index (Phi) is 4.76. The van der Waals surface area contributed by atoms with E-state index in [2.05, 4.69) is 53.2 Å². The van der Waals surface area contributed by atoms with Gasteiger partial charge in [0.2, 0.25) is 0 Å². The summed E-state index contributed by atoms with van der Waals surface area (Å²) < 4.78 is 1.04. The molecule has 0 amide bonds. The van der Waals surface area contributed by atoms with Gasteiger partial charge in [0.1, 0.15) is 0 Å². The van der Waals surface area contributed by atoms with Gasteiger partial charge in [0.15, 0.2) is 0 Å². The summed E-state index contributed by atoms with van der Waals surface area (Å²) in [6.45, 7) is 2.15. The highest BCUT2D eigenvalue weighted by molar-refractivity contribution is 9.10. The van der Waals surface area contributed by atoms with Crippen LogP contribution in [0.3, 0.4) is 0 Å². The molecule has 2 aromatic carbocycles. The maximum absolute atomic E-state index is 9.35. The molecule has 0 N–H and O–H groups in total. The molecular weight excluding hydrogens is 298 g/mol. The first-order valence-electron chi connectivity index (χ1n) is 6.46. The van der Waals surface area contributed by atoms with Crippen molar-refractivity contribution < 1.29 is 0 Å². The summed E-state index contributed by atoms with van der Waals surface area (Å²) in [6.07, 6.45) is 1.82. The van der Waals surface area contributed by atoms with E-state index in [0.717, 1.165) is 22.9 Å². The number of hydrogen-bond donors (Lipinski definition) is 0. The summed E-state index contributed by atoms with van der Waals surface area (Å²) >= 11 is 3.42. The molecule has 2 aromatic rings. The van der Waals surface area contributed by atoms with Crippen LogP contribution in [-0.2, 0) is 12.8 Å². The van der Waals surface area contributed by atoms with Gasteiger partial charge in [0, 0.05) is 4.47 Å². The molecule has 19 heavy (non-hydrogen) atoms. The highest BCUT2D eigenvalue weighted by Gasteiger charge is 2.11.